The van der Waals surface area contributed by atoms with E-state index in [1.54, 1.807) is 24.4 Å². The first-order valence-corrected chi connectivity index (χ1v) is 5.75. The molecule has 0 fully saturated rings. The fraction of sp³-hybridized carbons (Fsp3) is 0.0833. The number of rotatable bonds is 3. The Kier molecular flexibility index (Phi) is 2.82. The Labute approximate surface area is 108 Å². The van der Waals surface area contributed by atoms with Crippen molar-refractivity contribution >= 4 is 22.6 Å². The van der Waals surface area contributed by atoms with Gasteiger partial charge < -0.3 is 4.84 Å². The molecule has 90 valence electrons. The van der Waals surface area contributed by atoms with Crippen LogP contribution in [0.4, 0.5) is 0 Å². The Hall–Kier alpha value is -2.14. The van der Waals surface area contributed by atoms with Crippen LogP contribution in [0.1, 0.15) is 5.69 Å². The fourth-order valence-electron chi connectivity index (χ4n) is 1.58. The minimum absolute atomic E-state index is 0.325. The highest BCUT2D eigenvalue weighted by molar-refractivity contribution is 6.31. The summed E-state index contributed by atoms with van der Waals surface area (Å²) < 4.78 is 0. The number of hydrogen-bond acceptors (Lipinski definition) is 4. The van der Waals surface area contributed by atoms with E-state index >= 15 is 0 Å². The van der Waals surface area contributed by atoms with Crippen molar-refractivity contribution in [3.8, 4) is 0 Å². The Morgan fingerprint density at radius 3 is 3.00 bits per heavy atom. The Morgan fingerprint density at radius 2 is 2.17 bits per heavy atom. The molecule has 6 heteroatoms. The number of hydrogen-bond donors (Lipinski definition) is 0. The second-order valence-electron chi connectivity index (χ2n) is 3.69. The maximum Gasteiger partial charge on any atom is 0.159 e. The van der Waals surface area contributed by atoms with Gasteiger partial charge in [-0.3, -0.25) is 4.98 Å². The second-order valence-corrected chi connectivity index (χ2v) is 4.13. The quantitative estimate of drug-likeness (QED) is 0.724. The summed E-state index contributed by atoms with van der Waals surface area (Å²) in [6, 6.07) is 11.0. The van der Waals surface area contributed by atoms with Crippen LogP contribution in [-0.4, -0.2) is 20.1 Å². The molecule has 5 nitrogen and oxygen atoms in total. The molecule has 1 aromatic carbocycles. The van der Waals surface area contributed by atoms with Gasteiger partial charge in [0.15, 0.2) is 6.61 Å². The third kappa shape index (κ3) is 2.12. The van der Waals surface area contributed by atoms with E-state index in [4.69, 9.17) is 16.4 Å². The van der Waals surface area contributed by atoms with E-state index in [-0.39, 0.29) is 0 Å². The zero-order valence-electron chi connectivity index (χ0n) is 9.32. The molecule has 0 unspecified atom stereocenters. The summed E-state index contributed by atoms with van der Waals surface area (Å²) in [5.41, 5.74) is 2.29. The molecule has 2 aromatic heterocycles. The number of fused-ring (bicyclic) bond motifs is 1. The smallest absolute Gasteiger partial charge is 0.159 e. The maximum atomic E-state index is 5.93. The molecule has 3 rings (SSSR count). The average Bonchev–Trinajstić information content (AvgIpc) is 2.80. The van der Waals surface area contributed by atoms with Crippen LogP contribution >= 0.6 is 11.6 Å². The van der Waals surface area contributed by atoms with Gasteiger partial charge in [0.1, 0.15) is 11.0 Å². The third-order valence-electron chi connectivity index (χ3n) is 2.44. The van der Waals surface area contributed by atoms with Gasteiger partial charge in [-0.1, -0.05) is 22.5 Å². The molecule has 0 aliphatic heterocycles. The number of halogens is 1. The van der Waals surface area contributed by atoms with E-state index in [0.29, 0.717) is 11.6 Å². The van der Waals surface area contributed by atoms with Crippen molar-refractivity contribution in [2.75, 3.05) is 0 Å². The predicted octanol–water partition coefficient (Wildman–Crippen LogP) is 2.11. The van der Waals surface area contributed by atoms with Gasteiger partial charge in [-0.25, -0.2) is 0 Å². The van der Waals surface area contributed by atoms with Gasteiger partial charge in [0.05, 0.1) is 5.69 Å². The molecule has 2 heterocycles. The minimum atomic E-state index is 0.325. The average molecular weight is 261 g/mol. The molecule has 0 aliphatic carbocycles. The first kappa shape index (κ1) is 11.0. The van der Waals surface area contributed by atoms with Crippen molar-refractivity contribution < 1.29 is 4.84 Å². The Balaban J connectivity index is 1.85. The molecule has 0 bridgehead atoms. The lowest BCUT2D eigenvalue weighted by Gasteiger charge is -2.04. The molecule has 3 aromatic rings. The summed E-state index contributed by atoms with van der Waals surface area (Å²) in [6.45, 7) is 0.325. The van der Waals surface area contributed by atoms with Crippen molar-refractivity contribution in [2.45, 2.75) is 6.61 Å². The van der Waals surface area contributed by atoms with Gasteiger partial charge in [0, 0.05) is 11.2 Å². The fourth-order valence-corrected chi connectivity index (χ4v) is 1.74. The molecule has 0 radical (unpaired) electrons. The Bertz CT molecular complexity index is 668. The van der Waals surface area contributed by atoms with Gasteiger partial charge in [0.2, 0.25) is 0 Å². The van der Waals surface area contributed by atoms with E-state index in [1.165, 1.54) is 4.85 Å². The molecule has 18 heavy (non-hydrogen) atoms. The highest BCUT2D eigenvalue weighted by atomic mass is 35.5. The predicted molar refractivity (Wildman–Crippen MR) is 67.1 cm³/mol. The summed E-state index contributed by atoms with van der Waals surface area (Å²) in [7, 11) is 0. The molecule has 0 atom stereocenters. The lowest BCUT2D eigenvalue weighted by molar-refractivity contribution is 0.0731. The van der Waals surface area contributed by atoms with Crippen molar-refractivity contribution in [3.63, 3.8) is 0 Å². The van der Waals surface area contributed by atoms with Crippen molar-refractivity contribution in [3.05, 3.63) is 53.3 Å². The van der Waals surface area contributed by atoms with Crippen LogP contribution in [0.3, 0.4) is 0 Å². The lowest BCUT2D eigenvalue weighted by atomic mass is 10.3. The van der Waals surface area contributed by atoms with Crippen LogP contribution in [0, 0.1) is 0 Å². The molecular formula is C12H9ClN4O. The summed E-state index contributed by atoms with van der Waals surface area (Å²) in [4.78, 5) is 11.0. The van der Waals surface area contributed by atoms with Crippen LogP contribution in [0.2, 0.25) is 5.02 Å². The van der Waals surface area contributed by atoms with Gasteiger partial charge >= 0.3 is 0 Å². The van der Waals surface area contributed by atoms with E-state index in [0.717, 1.165) is 16.7 Å². The normalized spacial score (nSPS) is 10.7. The first-order valence-electron chi connectivity index (χ1n) is 5.37. The Morgan fingerprint density at radius 1 is 1.22 bits per heavy atom. The highest BCUT2D eigenvalue weighted by Gasteiger charge is 2.06. The summed E-state index contributed by atoms with van der Waals surface area (Å²) in [5, 5.41) is 8.51. The van der Waals surface area contributed by atoms with E-state index in [1.807, 2.05) is 18.2 Å². The van der Waals surface area contributed by atoms with Gasteiger partial charge in [0.25, 0.3) is 0 Å². The summed E-state index contributed by atoms with van der Waals surface area (Å²) in [6.07, 6.45) is 1.72. The van der Waals surface area contributed by atoms with E-state index < -0.39 is 0 Å². The minimum Gasteiger partial charge on any atom is -0.388 e. The van der Waals surface area contributed by atoms with Crippen LogP contribution in [0.5, 0.6) is 0 Å². The molecule has 0 aliphatic rings. The molecule has 0 saturated carbocycles. The van der Waals surface area contributed by atoms with Crippen LogP contribution in [-0.2, 0) is 6.61 Å². The largest absolute Gasteiger partial charge is 0.388 e. The second kappa shape index (κ2) is 4.62. The van der Waals surface area contributed by atoms with Gasteiger partial charge in [-0.2, -0.15) is 0 Å². The monoisotopic (exact) mass is 260 g/mol. The molecule has 0 saturated heterocycles. The topological polar surface area (TPSA) is 52.8 Å². The van der Waals surface area contributed by atoms with E-state index in [2.05, 4.69) is 15.3 Å². The molecular weight excluding hydrogens is 252 g/mol. The number of benzene rings is 1. The van der Waals surface area contributed by atoms with Crippen LogP contribution in [0.25, 0.3) is 11.0 Å². The third-order valence-corrected chi connectivity index (χ3v) is 2.67. The summed E-state index contributed by atoms with van der Waals surface area (Å²) in [5.74, 6) is 0. The van der Waals surface area contributed by atoms with Gasteiger partial charge in [-0.05, 0) is 35.5 Å². The highest BCUT2D eigenvalue weighted by Crippen LogP contribution is 2.16. The van der Waals surface area contributed by atoms with Gasteiger partial charge in [-0.15, -0.1) is 5.10 Å². The molecule has 0 spiro atoms. The number of pyridine rings is 1. The van der Waals surface area contributed by atoms with E-state index in [9.17, 15) is 0 Å². The summed E-state index contributed by atoms with van der Waals surface area (Å²) >= 11 is 5.93. The SMILES string of the molecule is Clc1ccc2nnn(OCc3ccccn3)c2c1. The lowest BCUT2D eigenvalue weighted by Crippen LogP contribution is -2.13. The zero-order chi connectivity index (χ0) is 12.4. The van der Waals surface area contributed by atoms with Crippen molar-refractivity contribution in [2.24, 2.45) is 0 Å². The van der Waals surface area contributed by atoms with Crippen LogP contribution in [0.15, 0.2) is 42.6 Å². The van der Waals surface area contributed by atoms with Crippen molar-refractivity contribution in [1.29, 1.82) is 0 Å². The maximum absolute atomic E-state index is 5.93. The van der Waals surface area contributed by atoms with Crippen LogP contribution < -0.4 is 4.84 Å². The molecule has 0 amide bonds. The first-order chi connectivity index (χ1) is 8.83. The number of nitrogens with zero attached hydrogens (tertiary/aromatic N) is 4. The number of aromatic nitrogens is 4. The van der Waals surface area contributed by atoms with Crippen molar-refractivity contribution in [1.82, 2.24) is 20.1 Å². The molecule has 0 N–H and O–H groups in total. The zero-order valence-corrected chi connectivity index (χ0v) is 10.1. The standard InChI is InChI=1S/C12H9ClN4O/c13-9-4-5-11-12(7-9)17(16-15-11)18-8-10-3-1-2-6-14-10/h1-7H,8H2.